The normalized spacial score (nSPS) is 10.4. The molecule has 0 unspecified atom stereocenters. The van der Waals surface area contributed by atoms with E-state index in [4.69, 9.17) is 4.74 Å². The third-order valence-corrected chi connectivity index (χ3v) is 3.53. The van der Waals surface area contributed by atoms with Gasteiger partial charge in [-0.2, -0.15) is 5.10 Å². The van der Waals surface area contributed by atoms with Gasteiger partial charge in [0.1, 0.15) is 5.75 Å². The molecule has 0 aliphatic carbocycles. The van der Waals surface area contributed by atoms with Gasteiger partial charge in [-0.15, -0.1) is 0 Å². The number of hydrogen-bond donors (Lipinski definition) is 2. The first kappa shape index (κ1) is 15.8. The molecule has 2 N–H and O–H groups in total. The lowest BCUT2D eigenvalue weighted by Gasteiger charge is -2.08. The summed E-state index contributed by atoms with van der Waals surface area (Å²) in [7, 11) is 0. The third-order valence-electron chi connectivity index (χ3n) is 3.53. The molecule has 0 aliphatic heterocycles. The molecule has 1 heterocycles. The Morgan fingerprint density at radius 3 is 2.58 bits per heavy atom. The molecule has 2 aromatic carbocycles. The average molecular weight is 321 g/mol. The maximum absolute atomic E-state index is 12.0. The number of carbonyl (C=O) groups excluding carboxylic acids is 1. The Hall–Kier alpha value is -3.08. The number of hydrogen-bond acceptors (Lipinski definition) is 3. The molecule has 0 saturated heterocycles. The van der Waals surface area contributed by atoms with Gasteiger partial charge in [0.2, 0.25) is 0 Å². The van der Waals surface area contributed by atoms with Crippen molar-refractivity contribution in [2.75, 3.05) is 11.9 Å². The average Bonchev–Trinajstić information content (AvgIpc) is 3.00. The molecule has 0 bridgehead atoms. The highest BCUT2D eigenvalue weighted by Crippen LogP contribution is 2.20. The van der Waals surface area contributed by atoms with Crippen molar-refractivity contribution in [1.29, 1.82) is 0 Å². The number of aromatic amines is 1. The predicted octanol–water partition coefficient (Wildman–Crippen LogP) is 3.71. The summed E-state index contributed by atoms with van der Waals surface area (Å²) in [4.78, 5) is 12.0. The number of amides is 1. The summed E-state index contributed by atoms with van der Waals surface area (Å²) in [5.41, 5.74) is 4.71. The lowest BCUT2D eigenvalue weighted by Crippen LogP contribution is -2.20. The number of anilines is 1. The molecular formula is C19H19N3O2. The van der Waals surface area contributed by atoms with Crippen LogP contribution in [0.2, 0.25) is 0 Å². The summed E-state index contributed by atoms with van der Waals surface area (Å²) in [6, 6.07) is 17.1. The maximum atomic E-state index is 12.0. The van der Waals surface area contributed by atoms with Crippen LogP contribution in [0.3, 0.4) is 0 Å². The number of H-pyrrole nitrogens is 1. The zero-order valence-corrected chi connectivity index (χ0v) is 13.7. The Kier molecular flexibility index (Phi) is 4.61. The van der Waals surface area contributed by atoms with Gasteiger partial charge in [-0.1, -0.05) is 24.3 Å². The minimum atomic E-state index is -0.195. The van der Waals surface area contributed by atoms with Crippen LogP contribution in [0.1, 0.15) is 11.3 Å². The molecule has 0 aliphatic rings. The van der Waals surface area contributed by atoms with Gasteiger partial charge in [-0.3, -0.25) is 9.89 Å². The number of carbonyl (C=O) groups is 1. The zero-order chi connectivity index (χ0) is 16.9. The number of aromatic nitrogens is 2. The van der Waals surface area contributed by atoms with E-state index < -0.39 is 0 Å². The molecule has 1 aromatic heterocycles. The van der Waals surface area contributed by atoms with Crippen LogP contribution in [0.4, 0.5) is 5.69 Å². The molecule has 0 radical (unpaired) electrons. The van der Waals surface area contributed by atoms with E-state index in [2.05, 4.69) is 15.5 Å². The van der Waals surface area contributed by atoms with E-state index in [9.17, 15) is 4.79 Å². The second kappa shape index (κ2) is 7.00. The maximum Gasteiger partial charge on any atom is 0.262 e. The second-order valence-electron chi connectivity index (χ2n) is 5.67. The highest BCUT2D eigenvalue weighted by atomic mass is 16.5. The molecular weight excluding hydrogens is 302 g/mol. The van der Waals surface area contributed by atoms with Gasteiger partial charge in [-0.05, 0) is 49.7 Å². The smallest absolute Gasteiger partial charge is 0.262 e. The topological polar surface area (TPSA) is 67.0 Å². The lowest BCUT2D eigenvalue weighted by molar-refractivity contribution is -0.118. The molecule has 0 spiro atoms. The highest BCUT2D eigenvalue weighted by molar-refractivity contribution is 5.92. The lowest BCUT2D eigenvalue weighted by atomic mass is 10.1. The molecule has 0 atom stereocenters. The van der Waals surface area contributed by atoms with E-state index in [1.165, 1.54) is 0 Å². The van der Waals surface area contributed by atoms with Crippen molar-refractivity contribution in [3.63, 3.8) is 0 Å². The first-order valence-corrected chi connectivity index (χ1v) is 7.72. The summed E-state index contributed by atoms with van der Waals surface area (Å²) in [5, 5.41) is 9.95. The van der Waals surface area contributed by atoms with Crippen molar-refractivity contribution in [3.05, 3.63) is 65.9 Å². The van der Waals surface area contributed by atoms with Crippen LogP contribution < -0.4 is 10.1 Å². The SMILES string of the molecule is Cc1cccc(OCC(=O)Nc2ccc(-c3cc(C)[nH]n3)cc2)c1. The number of ether oxygens (including phenoxy) is 1. The van der Waals surface area contributed by atoms with E-state index in [1.807, 2.05) is 68.4 Å². The predicted molar refractivity (Wildman–Crippen MR) is 94.1 cm³/mol. The van der Waals surface area contributed by atoms with Crippen LogP contribution in [-0.4, -0.2) is 22.7 Å². The molecule has 122 valence electrons. The Morgan fingerprint density at radius 2 is 1.92 bits per heavy atom. The van der Waals surface area contributed by atoms with Crippen molar-refractivity contribution in [2.45, 2.75) is 13.8 Å². The van der Waals surface area contributed by atoms with Crippen LogP contribution in [0.5, 0.6) is 5.75 Å². The van der Waals surface area contributed by atoms with E-state index in [-0.39, 0.29) is 12.5 Å². The number of rotatable bonds is 5. The number of nitrogens with zero attached hydrogens (tertiary/aromatic N) is 1. The van der Waals surface area contributed by atoms with Crippen LogP contribution in [-0.2, 0) is 4.79 Å². The highest BCUT2D eigenvalue weighted by Gasteiger charge is 2.06. The summed E-state index contributed by atoms with van der Waals surface area (Å²) in [5.74, 6) is 0.495. The van der Waals surface area contributed by atoms with Crippen LogP contribution in [0, 0.1) is 13.8 Å². The Labute approximate surface area is 140 Å². The molecule has 24 heavy (non-hydrogen) atoms. The van der Waals surface area contributed by atoms with Gasteiger partial charge in [0.25, 0.3) is 5.91 Å². The molecule has 5 heteroatoms. The minimum Gasteiger partial charge on any atom is -0.484 e. The van der Waals surface area contributed by atoms with Crippen molar-refractivity contribution < 1.29 is 9.53 Å². The number of nitrogens with one attached hydrogen (secondary N) is 2. The largest absolute Gasteiger partial charge is 0.484 e. The second-order valence-corrected chi connectivity index (χ2v) is 5.67. The molecule has 0 fully saturated rings. The fraction of sp³-hybridized carbons (Fsp3) is 0.158. The first-order chi connectivity index (χ1) is 11.6. The summed E-state index contributed by atoms with van der Waals surface area (Å²) < 4.78 is 5.49. The van der Waals surface area contributed by atoms with E-state index >= 15 is 0 Å². The molecule has 1 amide bonds. The Bertz CT molecular complexity index is 838. The Morgan fingerprint density at radius 1 is 1.12 bits per heavy atom. The Balaban J connectivity index is 1.56. The third kappa shape index (κ3) is 4.01. The van der Waals surface area contributed by atoms with Crippen molar-refractivity contribution >= 4 is 11.6 Å². The monoisotopic (exact) mass is 321 g/mol. The van der Waals surface area contributed by atoms with Gasteiger partial charge in [0, 0.05) is 16.9 Å². The first-order valence-electron chi connectivity index (χ1n) is 7.72. The quantitative estimate of drug-likeness (QED) is 0.753. The molecule has 3 rings (SSSR count). The van der Waals surface area contributed by atoms with Crippen LogP contribution >= 0.6 is 0 Å². The van der Waals surface area contributed by atoms with E-state index in [0.717, 1.165) is 28.2 Å². The number of aryl methyl sites for hydroxylation is 2. The fourth-order valence-corrected chi connectivity index (χ4v) is 2.34. The van der Waals surface area contributed by atoms with Gasteiger partial charge < -0.3 is 10.1 Å². The molecule has 0 saturated carbocycles. The van der Waals surface area contributed by atoms with E-state index in [1.54, 1.807) is 0 Å². The van der Waals surface area contributed by atoms with Crippen molar-refractivity contribution in [3.8, 4) is 17.0 Å². The van der Waals surface area contributed by atoms with E-state index in [0.29, 0.717) is 5.75 Å². The van der Waals surface area contributed by atoms with Gasteiger partial charge >= 0.3 is 0 Å². The fourth-order valence-electron chi connectivity index (χ4n) is 2.34. The van der Waals surface area contributed by atoms with Crippen LogP contribution in [0.15, 0.2) is 54.6 Å². The minimum absolute atomic E-state index is 0.0240. The summed E-state index contributed by atoms with van der Waals surface area (Å²) in [6.07, 6.45) is 0. The van der Waals surface area contributed by atoms with Crippen molar-refractivity contribution in [2.24, 2.45) is 0 Å². The zero-order valence-electron chi connectivity index (χ0n) is 13.7. The van der Waals surface area contributed by atoms with Gasteiger partial charge in [0.15, 0.2) is 6.61 Å². The summed E-state index contributed by atoms with van der Waals surface area (Å²) in [6.45, 7) is 3.92. The summed E-state index contributed by atoms with van der Waals surface area (Å²) >= 11 is 0. The molecule has 3 aromatic rings. The standard InChI is InChI=1S/C19H19N3O2/c1-13-4-3-5-17(10-13)24-12-19(23)20-16-8-6-15(7-9-16)18-11-14(2)21-22-18/h3-11H,12H2,1-2H3,(H,20,23)(H,21,22). The molecule has 5 nitrogen and oxygen atoms in total. The number of benzene rings is 2. The van der Waals surface area contributed by atoms with Crippen molar-refractivity contribution in [1.82, 2.24) is 10.2 Å². The van der Waals surface area contributed by atoms with Gasteiger partial charge in [-0.25, -0.2) is 0 Å². The van der Waals surface area contributed by atoms with Gasteiger partial charge in [0.05, 0.1) is 5.69 Å². The van der Waals surface area contributed by atoms with Crippen LogP contribution in [0.25, 0.3) is 11.3 Å².